The average Bonchev–Trinajstić information content (AvgIpc) is 3.09. The number of rotatable bonds is 5. The summed E-state index contributed by atoms with van der Waals surface area (Å²) in [5.41, 5.74) is 2.44. The number of benzene rings is 2. The molecule has 9 heteroatoms. The molecule has 1 aliphatic rings. The number of nitrogens with zero attached hydrogens (tertiary/aromatic N) is 1. The van der Waals surface area contributed by atoms with Crippen molar-refractivity contribution in [2.24, 2.45) is 0 Å². The topological polar surface area (TPSA) is 74.7 Å². The Balaban J connectivity index is 1.67. The standard InChI is InChI=1S/C24H16Cl3NO5/c1-31-20-7-13-6-14(22(29)16(13)10-21(20)32-2)5-12-3-4-28-11-17(12)24(30)33-23-18(26)8-15(25)9-19(23)27/h3-5,7-11H,6H2,1-2H3/b14-5+. The normalized spacial score (nSPS) is 13.7. The molecule has 0 fully saturated rings. The highest BCUT2D eigenvalue weighted by Gasteiger charge is 2.28. The number of methoxy groups -OCH3 is 2. The van der Waals surface area contributed by atoms with Gasteiger partial charge >= 0.3 is 5.97 Å². The van der Waals surface area contributed by atoms with E-state index in [0.29, 0.717) is 39.6 Å². The van der Waals surface area contributed by atoms with Crippen molar-refractivity contribution >= 4 is 52.6 Å². The van der Waals surface area contributed by atoms with Crippen LogP contribution in [0.5, 0.6) is 17.2 Å². The van der Waals surface area contributed by atoms with Gasteiger partial charge in [-0.05, 0) is 47.5 Å². The molecule has 0 amide bonds. The van der Waals surface area contributed by atoms with E-state index in [1.165, 1.54) is 38.7 Å². The van der Waals surface area contributed by atoms with Gasteiger partial charge in [-0.3, -0.25) is 9.78 Å². The maximum absolute atomic E-state index is 13.0. The fourth-order valence-corrected chi connectivity index (χ4v) is 4.41. The maximum atomic E-state index is 13.0. The molecule has 1 aliphatic carbocycles. The number of hydrogen-bond acceptors (Lipinski definition) is 6. The number of carbonyl (C=O) groups excluding carboxylic acids is 2. The average molecular weight is 505 g/mol. The van der Waals surface area contributed by atoms with Crippen LogP contribution < -0.4 is 14.2 Å². The minimum Gasteiger partial charge on any atom is -0.493 e. The van der Waals surface area contributed by atoms with Crippen molar-refractivity contribution in [2.75, 3.05) is 14.2 Å². The van der Waals surface area contributed by atoms with Crippen LogP contribution in [0.25, 0.3) is 6.08 Å². The lowest BCUT2D eigenvalue weighted by Gasteiger charge is -2.10. The first kappa shape index (κ1) is 23.1. The smallest absolute Gasteiger partial charge is 0.345 e. The summed E-state index contributed by atoms with van der Waals surface area (Å²) >= 11 is 18.2. The molecule has 1 aromatic heterocycles. The molecular formula is C24H16Cl3NO5. The second-order valence-electron chi connectivity index (χ2n) is 7.09. The Morgan fingerprint density at radius 3 is 2.36 bits per heavy atom. The summed E-state index contributed by atoms with van der Waals surface area (Å²) < 4.78 is 16.1. The number of halogens is 3. The molecule has 0 radical (unpaired) electrons. The number of fused-ring (bicyclic) bond motifs is 1. The van der Waals surface area contributed by atoms with Crippen molar-refractivity contribution in [2.45, 2.75) is 6.42 Å². The summed E-state index contributed by atoms with van der Waals surface area (Å²) in [5.74, 6) is 0.0999. The van der Waals surface area contributed by atoms with E-state index >= 15 is 0 Å². The summed E-state index contributed by atoms with van der Waals surface area (Å²) in [6.07, 6.45) is 4.89. The summed E-state index contributed by atoms with van der Waals surface area (Å²) in [6.45, 7) is 0. The molecule has 3 aromatic rings. The Bertz CT molecular complexity index is 1300. The first-order valence-electron chi connectivity index (χ1n) is 9.63. The van der Waals surface area contributed by atoms with Gasteiger partial charge in [0.05, 0.1) is 29.8 Å². The Hall–Kier alpha value is -3.06. The van der Waals surface area contributed by atoms with Gasteiger partial charge in [0.25, 0.3) is 0 Å². The van der Waals surface area contributed by atoms with Crippen molar-refractivity contribution in [1.82, 2.24) is 4.98 Å². The molecule has 168 valence electrons. The molecule has 0 saturated carbocycles. The van der Waals surface area contributed by atoms with E-state index in [2.05, 4.69) is 4.98 Å². The molecule has 1 heterocycles. The fraction of sp³-hybridized carbons (Fsp3) is 0.125. The highest BCUT2D eigenvalue weighted by molar-refractivity contribution is 6.40. The second kappa shape index (κ2) is 9.43. The van der Waals surface area contributed by atoms with Gasteiger partial charge in [-0.15, -0.1) is 0 Å². The zero-order chi connectivity index (χ0) is 23.7. The van der Waals surface area contributed by atoms with Crippen LogP contribution in [0.1, 0.15) is 31.8 Å². The lowest BCUT2D eigenvalue weighted by atomic mass is 10.0. The summed E-state index contributed by atoms with van der Waals surface area (Å²) in [5, 5.41) is 0.493. The van der Waals surface area contributed by atoms with Gasteiger partial charge < -0.3 is 14.2 Å². The number of hydrogen-bond donors (Lipinski definition) is 0. The van der Waals surface area contributed by atoms with Gasteiger partial charge in [0.15, 0.2) is 23.0 Å². The molecule has 2 aromatic carbocycles. The highest BCUT2D eigenvalue weighted by Crippen LogP contribution is 2.38. The SMILES string of the molecule is COc1cc2c(cc1OC)C(=O)/C(=C/c1ccncc1C(=O)Oc1c(Cl)cc(Cl)cc1Cl)C2. The largest absolute Gasteiger partial charge is 0.493 e. The third-order valence-corrected chi connectivity index (χ3v) is 5.87. The van der Waals surface area contributed by atoms with Gasteiger partial charge in [0.2, 0.25) is 0 Å². The van der Waals surface area contributed by atoms with Gasteiger partial charge in [0.1, 0.15) is 0 Å². The molecule has 0 aliphatic heterocycles. The van der Waals surface area contributed by atoms with Crippen LogP contribution in [0.3, 0.4) is 0 Å². The molecule has 0 atom stereocenters. The van der Waals surface area contributed by atoms with Crippen LogP contribution in [0.4, 0.5) is 0 Å². The Labute approximate surface area is 204 Å². The zero-order valence-electron chi connectivity index (χ0n) is 17.4. The van der Waals surface area contributed by atoms with Gasteiger partial charge in [-0.2, -0.15) is 0 Å². The lowest BCUT2D eigenvalue weighted by Crippen LogP contribution is -2.11. The van der Waals surface area contributed by atoms with Crippen LogP contribution in [0, 0.1) is 0 Å². The van der Waals surface area contributed by atoms with E-state index in [4.69, 9.17) is 49.0 Å². The number of ether oxygens (including phenoxy) is 3. The number of allylic oxidation sites excluding steroid dienone is 1. The third-order valence-electron chi connectivity index (χ3n) is 5.09. The molecule has 0 N–H and O–H groups in total. The van der Waals surface area contributed by atoms with Gasteiger partial charge in [-0.1, -0.05) is 34.8 Å². The summed E-state index contributed by atoms with van der Waals surface area (Å²) in [7, 11) is 3.04. The van der Waals surface area contributed by atoms with E-state index in [1.54, 1.807) is 24.3 Å². The van der Waals surface area contributed by atoms with E-state index in [1.807, 2.05) is 0 Å². The predicted octanol–water partition coefficient (Wildman–Crippen LogP) is 6.10. The molecule has 6 nitrogen and oxygen atoms in total. The van der Waals surface area contributed by atoms with Crippen LogP contribution in [0.15, 0.2) is 48.3 Å². The van der Waals surface area contributed by atoms with Crippen molar-refractivity contribution in [3.05, 3.63) is 85.6 Å². The molecule has 4 rings (SSSR count). The van der Waals surface area contributed by atoms with Crippen molar-refractivity contribution in [3.8, 4) is 17.2 Å². The molecule has 0 bridgehead atoms. The quantitative estimate of drug-likeness (QED) is 0.237. The fourth-order valence-electron chi connectivity index (χ4n) is 3.52. The number of Topliss-reactive ketones (excluding diaryl/α,β-unsaturated/α-hetero) is 1. The zero-order valence-corrected chi connectivity index (χ0v) is 19.7. The second-order valence-corrected chi connectivity index (χ2v) is 8.34. The van der Waals surface area contributed by atoms with Crippen LogP contribution in [-0.4, -0.2) is 31.0 Å². The lowest BCUT2D eigenvalue weighted by molar-refractivity contribution is 0.0734. The number of esters is 1. The molecule has 0 unspecified atom stereocenters. The monoisotopic (exact) mass is 503 g/mol. The Morgan fingerprint density at radius 2 is 1.70 bits per heavy atom. The van der Waals surface area contributed by atoms with E-state index in [-0.39, 0.29) is 27.1 Å². The van der Waals surface area contributed by atoms with Gasteiger partial charge in [0, 0.05) is 35.0 Å². The van der Waals surface area contributed by atoms with E-state index in [0.717, 1.165) is 5.56 Å². The van der Waals surface area contributed by atoms with Crippen LogP contribution >= 0.6 is 34.8 Å². The highest BCUT2D eigenvalue weighted by atomic mass is 35.5. The summed E-state index contributed by atoms with van der Waals surface area (Å²) in [4.78, 5) is 29.9. The van der Waals surface area contributed by atoms with Crippen LogP contribution in [-0.2, 0) is 6.42 Å². The van der Waals surface area contributed by atoms with Crippen LogP contribution in [0.2, 0.25) is 15.1 Å². The van der Waals surface area contributed by atoms with E-state index in [9.17, 15) is 9.59 Å². The molecule has 0 spiro atoms. The number of ketones is 1. The molecule has 0 saturated heterocycles. The minimum absolute atomic E-state index is 0.0151. The van der Waals surface area contributed by atoms with Gasteiger partial charge in [-0.25, -0.2) is 4.79 Å². The molecular weight excluding hydrogens is 489 g/mol. The predicted molar refractivity (Wildman–Crippen MR) is 126 cm³/mol. The number of pyridine rings is 1. The number of aromatic nitrogens is 1. The Kier molecular flexibility index (Phi) is 6.61. The minimum atomic E-state index is -0.729. The number of carbonyl (C=O) groups is 2. The first-order chi connectivity index (χ1) is 15.8. The molecule has 33 heavy (non-hydrogen) atoms. The third kappa shape index (κ3) is 4.55. The first-order valence-corrected chi connectivity index (χ1v) is 10.8. The van der Waals surface area contributed by atoms with Crippen molar-refractivity contribution in [3.63, 3.8) is 0 Å². The van der Waals surface area contributed by atoms with Crippen molar-refractivity contribution in [1.29, 1.82) is 0 Å². The summed E-state index contributed by atoms with van der Waals surface area (Å²) in [6, 6.07) is 7.89. The van der Waals surface area contributed by atoms with Crippen molar-refractivity contribution < 1.29 is 23.8 Å². The Morgan fingerprint density at radius 1 is 1.03 bits per heavy atom. The van der Waals surface area contributed by atoms with E-state index < -0.39 is 5.97 Å². The maximum Gasteiger partial charge on any atom is 0.345 e.